The summed E-state index contributed by atoms with van der Waals surface area (Å²) in [5.74, 6) is 0.482. The lowest BCUT2D eigenvalue weighted by molar-refractivity contribution is 0.189. The lowest BCUT2D eigenvalue weighted by Gasteiger charge is -2.45. The van der Waals surface area contributed by atoms with Gasteiger partial charge >= 0.3 is 0 Å². The second-order valence-electron chi connectivity index (χ2n) is 7.10. The average Bonchev–Trinajstić information content (AvgIpc) is 2.59. The van der Waals surface area contributed by atoms with Crippen LogP contribution in [0.1, 0.15) is 25.5 Å². The number of anilines is 1. The van der Waals surface area contributed by atoms with Crippen LogP contribution in [0.3, 0.4) is 0 Å². The third kappa shape index (κ3) is 3.10. The normalized spacial score (nSPS) is 22.9. The summed E-state index contributed by atoms with van der Waals surface area (Å²) >= 11 is 0. The van der Waals surface area contributed by atoms with Crippen LogP contribution < -0.4 is 4.90 Å². The van der Waals surface area contributed by atoms with Gasteiger partial charge in [-0.2, -0.15) is 4.31 Å². The molecule has 0 unspecified atom stereocenters. The molecule has 0 N–H and O–H groups in total. The molecule has 0 radical (unpaired) electrons. The number of hydrogen-bond donors (Lipinski definition) is 0. The van der Waals surface area contributed by atoms with Crippen molar-refractivity contribution < 1.29 is 16.8 Å². The lowest BCUT2D eigenvalue weighted by Crippen LogP contribution is -2.54. The first-order chi connectivity index (χ1) is 12.0. The van der Waals surface area contributed by atoms with Crippen molar-refractivity contribution in [2.45, 2.75) is 30.1 Å². The fourth-order valence-electron chi connectivity index (χ4n) is 3.65. The molecule has 2 aliphatic heterocycles. The van der Waals surface area contributed by atoms with Gasteiger partial charge in [-0.05, 0) is 19.8 Å². The minimum Gasteiger partial charge on any atom is -0.344 e. The first-order valence-electron chi connectivity index (χ1n) is 8.51. The van der Waals surface area contributed by atoms with E-state index in [1.54, 1.807) is 7.05 Å². The molecule has 1 fully saturated rings. The monoisotopic (exact) mass is 403 g/mol. The highest BCUT2D eigenvalue weighted by molar-refractivity contribution is 7.89. The molecule has 3 heterocycles. The molecule has 1 aromatic rings. The van der Waals surface area contributed by atoms with Crippen LogP contribution in [0.2, 0.25) is 0 Å². The van der Waals surface area contributed by atoms with Crippen molar-refractivity contribution >= 4 is 26.0 Å². The Kier molecular flexibility index (Phi) is 4.79. The quantitative estimate of drug-likeness (QED) is 0.692. The molecule has 26 heavy (non-hydrogen) atoms. The molecule has 0 atom stereocenters. The zero-order valence-corrected chi connectivity index (χ0v) is 17.1. The summed E-state index contributed by atoms with van der Waals surface area (Å²) in [5.41, 5.74) is 0.0251. The second kappa shape index (κ2) is 6.39. The third-order valence-electron chi connectivity index (χ3n) is 5.42. The van der Waals surface area contributed by atoms with Crippen molar-refractivity contribution in [1.29, 1.82) is 0 Å². The summed E-state index contributed by atoms with van der Waals surface area (Å²) in [6, 6.07) is 0. The van der Waals surface area contributed by atoms with Crippen molar-refractivity contribution in [1.82, 2.24) is 18.6 Å². The van der Waals surface area contributed by atoms with Gasteiger partial charge in [-0.15, -0.1) is 0 Å². The smallest absolute Gasteiger partial charge is 0.246 e. The molecular formula is C15H25N5O4S2. The maximum absolute atomic E-state index is 12.7. The number of sulfonamides is 2. The van der Waals surface area contributed by atoms with E-state index in [2.05, 4.69) is 9.97 Å². The summed E-state index contributed by atoms with van der Waals surface area (Å²) in [5, 5.41) is 0. The van der Waals surface area contributed by atoms with E-state index in [1.807, 2.05) is 18.9 Å². The Morgan fingerprint density at radius 1 is 1.31 bits per heavy atom. The van der Waals surface area contributed by atoms with E-state index in [9.17, 15) is 16.8 Å². The molecule has 1 aromatic heterocycles. The molecule has 9 nitrogen and oxygen atoms in total. The number of fused-ring (bicyclic) bond motifs is 2. The molecule has 0 bridgehead atoms. The van der Waals surface area contributed by atoms with Gasteiger partial charge in [-0.1, -0.05) is 0 Å². The number of hydrogen-bond acceptors (Lipinski definition) is 7. The van der Waals surface area contributed by atoms with Gasteiger partial charge in [0.1, 0.15) is 4.90 Å². The second-order valence-corrected chi connectivity index (χ2v) is 11.1. The van der Waals surface area contributed by atoms with Crippen molar-refractivity contribution in [3.8, 4) is 0 Å². The topological polar surface area (TPSA) is 104 Å². The Labute approximate surface area is 155 Å². The molecule has 0 amide bonds. The molecule has 11 heteroatoms. The Morgan fingerprint density at radius 2 is 1.92 bits per heavy atom. The molecule has 1 spiro atoms. The van der Waals surface area contributed by atoms with Crippen molar-refractivity contribution in [3.05, 3.63) is 11.9 Å². The van der Waals surface area contributed by atoms with E-state index in [4.69, 9.17) is 0 Å². The highest BCUT2D eigenvalue weighted by atomic mass is 32.2. The lowest BCUT2D eigenvalue weighted by atomic mass is 9.75. The van der Waals surface area contributed by atoms with Crippen molar-refractivity contribution in [2.75, 3.05) is 51.4 Å². The summed E-state index contributed by atoms with van der Waals surface area (Å²) in [7, 11) is -3.49. The van der Waals surface area contributed by atoms with Gasteiger partial charge in [0.2, 0.25) is 26.0 Å². The largest absolute Gasteiger partial charge is 0.344 e. The van der Waals surface area contributed by atoms with Crippen LogP contribution in [0.15, 0.2) is 11.1 Å². The molecule has 1 saturated heterocycles. The number of piperidine rings is 1. The first-order valence-corrected chi connectivity index (χ1v) is 11.8. The average molecular weight is 404 g/mol. The SMILES string of the molecule is CCN(C)c1ncc2c(n1)C1(CCN(S(C)(=O)=O)CC1)CN(C)S2(=O)=O. The molecule has 2 aliphatic rings. The van der Waals surface area contributed by atoms with Gasteiger partial charge in [0.05, 0.1) is 18.1 Å². The molecule has 0 aliphatic carbocycles. The van der Waals surface area contributed by atoms with Crippen LogP contribution in [0.4, 0.5) is 5.95 Å². The Morgan fingerprint density at radius 3 is 2.46 bits per heavy atom. The zero-order chi connectivity index (χ0) is 19.3. The van der Waals surface area contributed by atoms with Gasteiger partial charge in [-0.25, -0.2) is 31.1 Å². The molecular weight excluding hydrogens is 378 g/mol. The van der Waals surface area contributed by atoms with E-state index in [-0.39, 0.29) is 4.90 Å². The number of likely N-dealkylation sites (N-methyl/N-ethyl adjacent to an activating group) is 1. The van der Waals surface area contributed by atoms with Crippen molar-refractivity contribution in [3.63, 3.8) is 0 Å². The summed E-state index contributed by atoms with van der Waals surface area (Å²) < 4.78 is 51.9. The summed E-state index contributed by atoms with van der Waals surface area (Å²) in [6.07, 6.45) is 3.64. The zero-order valence-electron chi connectivity index (χ0n) is 15.5. The van der Waals surface area contributed by atoms with Crippen LogP contribution in [0.25, 0.3) is 0 Å². The number of rotatable bonds is 3. The van der Waals surface area contributed by atoms with E-state index >= 15 is 0 Å². The highest BCUT2D eigenvalue weighted by Crippen LogP contribution is 2.43. The molecule has 0 aromatic carbocycles. The fourth-order valence-corrected chi connectivity index (χ4v) is 5.94. The minimum atomic E-state index is -3.63. The third-order valence-corrected chi connectivity index (χ3v) is 8.53. The molecule has 0 saturated carbocycles. The number of aromatic nitrogens is 2. The minimum absolute atomic E-state index is 0.132. The van der Waals surface area contributed by atoms with Gasteiger partial charge in [0, 0.05) is 45.7 Å². The van der Waals surface area contributed by atoms with Crippen LogP contribution in [-0.4, -0.2) is 81.9 Å². The van der Waals surface area contributed by atoms with E-state index in [0.29, 0.717) is 50.7 Å². The van der Waals surface area contributed by atoms with E-state index < -0.39 is 25.5 Å². The predicted molar refractivity (Wildman–Crippen MR) is 98.1 cm³/mol. The Bertz CT molecular complexity index is 908. The Hall–Kier alpha value is -1.30. The van der Waals surface area contributed by atoms with E-state index in [1.165, 1.54) is 21.1 Å². The molecule has 146 valence electrons. The standard InChI is InChI=1S/C15H25N5O4S2/c1-5-18(2)14-16-10-12-13(17-14)15(11-19(3)26(12,23)24)6-8-20(9-7-15)25(4,21)22/h10H,5-9,11H2,1-4H3. The van der Waals surface area contributed by atoms with Crippen LogP contribution in [-0.2, 0) is 25.5 Å². The van der Waals surface area contributed by atoms with Gasteiger partial charge < -0.3 is 4.90 Å². The van der Waals surface area contributed by atoms with Gasteiger partial charge in [0.15, 0.2) is 0 Å². The van der Waals surface area contributed by atoms with Crippen LogP contribution in [0.5, 0.6) is 0 Å². The van der Waals surface area contributed by atoms with Gasteiger partial charge in [0.25, 0.3) is 0 Å². The van der Waals surface area contributed by atoms with Crippen LogP contribution in [0, 0.1) is 0 Å². The van der Waals surface area contributed by atoms with Crippen molar-refractivity contribution in [2.24, 2.45) is 0 Å². The molecule has 3 rings (SSSR count). The van der Waals surface area contributed by atoms with Crippen LogP contribution >= 0.6 is 0 Å². The maximum Gasteiger partial charge on any atom is 0.246 e. The first kappa shape index (κ1) is 19.5. The van der Waals surface area contributed by atoms with Gasteiger partial charge in [-0.3, -0.25) is 0 Å². The summed E-state index contributed by atoms with van der Waals surface area (Å²) in [4.78, 5) is 10.8. The Balaban J connectivity index is 2.09. The predicted octanol–water partition coefficient (Wildman–Crippen LogP) is -0.140. The summed E-state index contributed by atoms with van der Waals surface area (Å²) in [6.45, 7) is 3.67. The fraction of sp³-hybridized carbons (Fsp3) is 0.733. The van der Waals surface area contributed by atoms with E-state index in [0.717, 1.165) is 0 Å². The maximum atomic E-state index is 12.7. The number of nitrogens with zero attached hydrogens (tertiary/aromatic N) is 5. The highest BCUT2D eigenvalue weighted by Gasteiger charge is 2.49.